The van der Waals surface area contributed by atoms with Gasteiger partial charge in [-0.2, -0.15) is 0 Å². The Morgan fingerprint density at radius 3 is 1.40 bits per heavy atom. The summed E-state index contributed by atoms with van der Waals surface area (Å²) in [5.74, 6) is -0.0647. The lowest BCUT2D eigenvalue weighted by atomic mass is 10.0. The van der Waals surface area contributed by atoms with Gasteiger partial charge in [0.15, 0.2) is 0 Å². The summed E-state index contributed by atoms with van der Waals surface area (Å²) >= 11 is 0. The second-order valence-corrected chi connectivity index (χ2v) is 17.7. The van der Waals surface area contributed by atoms with Crippen LogP contribution in [0.2, 0.25) is 0 Å². The molecule has 13 rings (SSSR count). The first-order valence-corrected chi connectivity index (χ1v) is 22.8. The Kier molecular flexibility index (Phi) is 8.90. The number of halogens is 2. The summed E-state index contributed by atoms with van der Waals surface area (Å²) in [5.41, 5.74) is 13.5. The molecule has 1 fully saturated rings. The highest BCUT2D eigenvalue weighted by atomic mass is 19.1. The normalized spacial score (nSPS) is 16.2. The van der Waals surface area contributed by atoms with Gasteiger partial charge in [0, 0.05) is 72.8 Å². The Balaban J connectivity index is 0.863. The third kappa shape index (κ3) is 6.39. The van der Waals surface area contributed by atoms with E-state index in [1.165, 1.54) is 46.1 Å². The van der Waals surface area contributed by atoms with E-state index >= 15 is 0 Å². The molecular weight excluding hydrogens is 827 g/mol. The van der Waals surface area contributed by atoms with E-state index in [2.05, 4.69) is 201 Å². The van der Waals surface area contributed by atoms with E-state index in [1.807, 2.05) is 30.3 Å². The summed E-state index contributed by atoms with van der Waals surface area (Å²) in [6, 6.07) is 71.5. The van der Waals surface area contributed by atoms with Crippen molar-refractivity contribution in [1.82, 2.24) is 9.13 Å². The van der Waals surface area contributed by atoms with Crippen molar-refractivity contribution in [3.05, 3.63) is 248 Å². The molecule has 4 nitrogen and oxygen atoms in total. The van der Waals surface area contributed by atoms with Gasteiger partial charge in [0.1, 0.15) is 11.6 Å². The molecule has 6 heteroatoms. The molecule has 2 aromatic heterocycles. The van der Waals surface area contributed by atoms with Crippen molar-refractivity contribution in [3.63, 3.8) is 0 Å². The van der Waals surface area contributed by atoms with Crippen LogP contribution in [0.1, 0.15) is 6.42 Å². The summed E-state index contributed by atoms with van der Waals surface area (Å²) in [6.45, 7) is 0. The van der Waals surface area contributed by atoms with Crippen LogP contribution in [0, 0.1) is 17.6 Å². The van der Waals surface area contributed by atoms with E-state index in [0.29, 0.717) is 5.92 Å². The van der Waals surface area contributed by atoms with Crippen LogP contribution in [-0.4, -0.2) is 9.13 Å². The zero-order valence-electron chi connectivity index (χ0n) is 36.3. The van der Waals surface area contributed by atoms with Crippen LogP contribution in [0.4, 0.5) is 42.9 Å². The highest BCUT2D eigenvalue weighted by Crippen LogP contribution is 2.57. The fraction of sp³-hybridized carbons (Fsp3) is 0.0492. The molecule has 11 aromatic rings. The van der Waals surface area contributed by atoms with Gasteiger partial charge in [-0.1, -0.05) is 103 Å². The summed E-state index contributed by atoms with van der Waals surface area (Å²) in [6.07, 6.45) is 10.1. The fourth-order valence-electron chi connectivity index (χ4n) is 10.7. The Hall–Kier alpha value is -8.48. The van der Waals surface area contributed by atoms with Gasteiger partial charge >= 0.3 is 0 Å². The molecule has 2 aliphatic rings. The Morgan fingerprint density at radius 2 is 0.836 bits per heavy atom. The maximum Gasteiger partial charge on any atom is 0.123 e. The monoisotopic (exact) mass is 868 g/mol. The standard InChI is InChI=1S/C61H42F2N4/c62-44-21-29-49(30-22-44)64(51-33-35-58-55(38-51)53-13-4-6-15-57(53)66(58)46-11-2-1-3-12-46)47-25-17-41(18-26-47)42-19-27-48(28-20-42)65(50-31-23-45(63)24-32-50)52-34-36-60-56(39-52)54-14-5-7-16-59(54)67(60)61-37-9-8-10-43(61)40-61/h1-39,43H,40H2. The smallest absolute Gasteiger partial charge is 0.123 e. The maximum atomic E-state index is 14.4. The summed E-state index contributed by atoms with van der Waals surface area (Å²) in [4.78, 5) is 4.38. The lowest BCUT2D eigenvalue weighted by Crippen LogP contribution is -2.17. The van der Waals surface area contributed by atoms with Crippen LogP contribution in [0.15, 0.2) is 237 Å². The van der Waals surface area contributed by atoms with Crippen molar-refractivity contribution in [1.29, 1.82) is 0 Å². The number of hydrogen-bond donors (Lipinski definition) is 0. The van der Waals surface area contributed by atoms with Crippen molar-refractivity contribution in [2.75, 3.05) is 9.80 Å². The molecule has 0 N–H and O–H groups in total. The molecular formula is C61H42F2N4. The number of allylic oxidation sites excluding steroid dienone is 4. The van der Waals surface area contributed by atoms with Gasteiger partial charge in [0.25, 0.3) is 0 Å². The number of anilines is 6. The summed E-state index contributed by atoms with van der Waals surface area (Å²) in [7, 11) is 0. The predicted molar refractivity (Wildman–Crippen MR) is 273 cm³/mol. The Morgan fingerprint density at radius 1 is 0.403 bits per heavy atom. The molecule has 9 aromatic carbocycles. The lowest BCUT2D eigenvalue weighted by molar-refractivity contribution is 0.601. The molecule has 0 radical (unpaired) electrons. The molecule has 0 spiro atoms. The topological polar surface area (TPSA) is 16.3 Å². The van der Waals surface area contributed by atoms with Crippen molar-refractivity contribution >= 4 is 77.7 Å². The van der Waals surface area contributed by atoms with Crippen LogP contribution < -0.4 is 9.80 Å². The minimum Gasteiger partial charge on any atom is -0.330 e. The van der Waals surface area contributed by atoms with E-state index in [9.17, 15) is 8.78 Å². The van der Waals surface area contributed by atoms with Gasteiger partial charge in [0.2, 0.25) is 0 Å². The maximum absolute atomic E-state index is 14.4. The van der Waals surface area contributed by atoms with Crippen molar-refractivity contribution in [3.8, 4) is 16.8 Å². The number of rotatable bonds is 9. The van der Waals surface area contributed by atoms with E-state index < -0.39 is 0 Å². The first-order chi connectivity index (χ1) is 33.0. The van der Waals surface area contributed by atoms with Crippen LogP contribution in [-0.2, 0) is 5.54 Å². The molecule has 0 saturated heterocycles. The lowest BCUT2D eigenvalue weighted by Gasteiger charge is -2.26. The molecule has 67 heavy (non-hydrogen) atoms. The first kappa shape index (κ1) is 38.9. The van der Waals surface area contributed by atoms with Crippen molar-refractivity contribution < 1.29 is 8.78 Å². The van der Waals surface area contributed by atoms with Gasteiger partial charge in [-0.05, 0) is 151 Å². The zero-order valence-corrected chi connectivity index (χ0v) is 36.3. The van der Waals surface area contributed by atoms with Crippen molar-refractivity contribution in [2.45, 2.75) is 12.0 Å². The fourth-order valence-corrected chi connectivity index (χ4v) is 10.7. The van der Waals surface area contributed by atoms with E-state index in [1.54, 1.807) is 0 Å². The molecule has 320 valence electrons. The van der Waals surface area contributed by atoms with Crippen LogP contribution in [0.25, 0.3) is 60.4 Å². The number of fused-ring (bicyclic) bond motifs is 7. The number of nitrogens with zero attached hydrogens (tertiary/aromatic N) is 4. The second kappa shape index (κ2) is 15.3. The van der Waals surface area contributed by atoms with E-state index in [0.717, 1.165) is 79.2 Å². The van der Waals surface area contributed by atoms with Crippen molar-refractivity contribution in [2.24, 2.45) is 5.92 Å². The molecule has 2 heterocycles. The van der Waals surface area contributed by atoms with E-state index in [4.69, 9.17) is 0 Å². The van der Waals surface area contributed by atoms with Gasteiger partial charge in [-0.15, -0.1) is 0 Å². The SMILES string of the molecule is Fc1ccc(N(c2ccc(-c3ccc(N(c4ccc(F)cc4)c4ccc5c(c4)c4ccccc4n5C45C=CC=CC4C5)cc3)cc2)c2ccc3c(c2)c2ccccc2n3-c2ccccc2)cc1. The first-order valence-electron chi connectivity index (χ1n) is 22.8. The van der Waals surface area contributed by atoms with Gasteiger partial charge < -0.3 is 18.9 Å². The quantitative estimate of drug-likeness (QED) is 0.144. The number of hydrogen-bond acceptors (Lipinski definition) is 2. The third-order valence-corrected chi connectivity index (χ3v) is 13.9. The number of benzene rings is 9. The van der Waals surface area contributed by atoms with E-state index in [-0.39, 0.29) is 17.2 Å². The molecule has 0 amide bonds. The molecule has 2 aliphatic carbocycles. The predicted octanol–water partition coefficient (Wildman–Crippen LogP) is 16.6. The van der Waals surface area contributed by atoms with Crippen LogP contribution in [0.5, 0.6) is 0 Å². The minimum atomic E-state index is -0.281. The average molecular weight is 869 g/mol. The summed E-state index contributed by atoms with van der Waals surface area (Å²) in [5, 5.41) is 4.70. The number of para-hydroxylation sites is 3. The Labute approximate surface area is 386 Å². The summed E-state index contributed by atoms with van der Waals surface area (Å²) < 4.78 is 33.6. The van der Waals surface area contributed by atoms with Crippen LogP contribution >= 0.6 is 0 Å². The zero-order chi connectivity index (χ0) is 44.6. The molecule has 1 saturated carbocycles. The molecule has 0 aliphatic heterocycles. The minimum absolute atomic E-state index is 0.0404. The number of aromatic nitrogens is 2. The van der Waals surface area contributed by atoms with Gasteiger partial charge in [0.05, 0.1) is 22.1 Å². The molecule has 2 atom stereocenters. The average Bonchev–Trinajstić information content (AvgIpc) is 3.91. The third-order valence-electron chi connectivity index (χ3n) is 13.9. The van der Waals surface area contributed by atoms with Crippen LogP contribution in [0.3, 0.4) is 0 Å². The van der Waals surface area contributed by atoms with Gasteiger partial charge in [-0.25, -0.2) is 8.78 Å². The largest absolute Gasteiger partial charge is 0.330 e. The highest BCUT2D eigenvalue weighted by Gasteiger charge is 2.54. The highest BCUT2D eigenvalue weighted by molar-refractivity contribution is 6.11. The Bertz CT molecular complexity index is 3740. The van der Waals surface area contributed by atoms with Gasteiger partial charge in [-0.3, -0.25) is 0 Å². The molecule has 2 unspecified atom stereocenters. The molecule has 0 bridgehead atoms. The second-order valence-electron chi connectivity index (χ2n) is 17.7.